The SMILES string of the molecule is CC(O)CCNC(=O)Cc1ccc(Cl)cc1Br. The first-order valence-electron chi connectivity index (χ1n) is 5.37. The molecule has 0 aliphatic rings. The van der Waals surface area contributed by atoms with E-state index in [-0.39, 0.29) is 5.91 Å². The Hall–Kier alpha value is -0.580. The zero-order chi connectivity index (χ0) is 12.8. The van der Waals surface area contributed by atoms with Gasteiger partial charge in [-0.2, -0.15) is 0 Å². The van der Waals surface area contributed by atoms with Crippen molar-refractivity contribution in [3.05, 3.63) is 33.3 Å². The summed E-state index contributed by atoms with van der Waals surface area (Å²) in [6, 6.07) is 5.34. The van der Waals surface area contributed by atoms with Crippen molar-refractivity contribution in [1.29, 1.82) is 0 Å². The number of hydrogen-bond acceptors (Lipinski definition) is 2. The third-order valence-electron chi connectivity index (χ3n) is 2.25. The number of aliphatic hydroxyl groups is 1. The summed E-state index contributed by atoms with van der Waals surface area (Å²) in [6.45, 7) is 2.18. The fourth-order valence-corrected chi connectivity index (χ4v) is 2.14. The van der Waals surface area contributed by atoms with Gasteiger partial charge in [0.15, 0.2) is 0 Å². The molecule has 0 aliphatic heterocycles. The van der Waals surface area contributed by atoms with E-state index in [1.807, 2.05) is 6.07 Å². The van der Waals surface area contributed by atoms with Gasteiger partial charge in [-0.3, -0.25) is 4.79 Å². The highest BCUT2D eigenvalue weighted by molar-refractivity contribution is 9.10. The van der Waals surface area contributed by atoms with Crippen LogP contribution in [0.2, 0.25) is 5.02 Å². The van der Waals surface area contributed by atoms with Crippen LogP contribution in [0.4, 0.5) is 0 Å². The molecule has 1 aromatic carbocycles. The molecule has 2 N–H and O–H groups in total. The van der Waals surface area contributed by atoms with Crippen molar-refractivity contribution in [2.75, 3.05) is 6.54 Å². The molecule has 0 saturated heterocycles. The van der Waals surface area contributed by atoms with Gasteiger partial charge >= 0.3 is 0 Å². The average Bonchev–Trinajstić information content (AvgIpc) is 2.21. The number of carbonyl (C=O) groups excluding carboxylic acids is 1. The molecule has 0 bridgehead atoms. The smallest absolute Gasteiger partial charge is 0.224 e. The highest BCUT2D eigenvalue weighted by atomic mass is 79.9. The Labute approximate surface area is 114 Å². The molecule has 0 radical (unpaired) electrons. The maximum Gasteiger partial charge on any atom is 0.224 e. The van der Waals surface area contributed by atoms with Gasteiger partial charge < -0.3 is 10.4 Å². The van der Waals surface area contributed by atoms with Gasteiger partial charge in [-0.15, -0.1) is 0 Å². The van der Waals surface area contributed by atoms with Gasteiger partial charge in [0, 0.05) is 16.0 Å². The molecule has 17 heavy (non-hydrogen) atoms. The highest BCUT2D eigenvalue weighted by Crippen LogP contribution is 2.21. The van der Waals surface area contributed by atoms with E-state index in [0.717, 1.165) is 10.0 Å². The summed E-state index contributed by atoms with van der Waals surface area (Å²) < 4.78 is 0.829. The van der Waals surface area contributed by atoms with Crippen LogP contribution in [0.5, 0.6) is 0 Å². The van der Waals surface area contributed by atoms with Crippen LogP contribution < -0.4 is 5.32 Å². The molecule has 0 fully saturated rings. The minimum atomic E-state index is -0.391. The molecule has 0 aromatic heterocycles. The van der Waals surface area contributed by atoms with Crippen LogP contribution in [-0.2, 0) is 11.2 Å². The van der Waals surface area contributed by atoms with Gasteiger partial charge in [-0.05, 0) is 31.0 Å². The average molecular weight is 321 g/mol. The lowest BCUT2D eigenvalue weighted by molar-refractivity contribution is -0.120. The van der Waals surface area contributed by atoms with Crippen molar-refractivity contribution in [2.24, 2.45) is 0 Å². The van der Waals surface area contributed by atoms with E-state index in [1.54, 1.807) is 19.1 Å². The molecule has 1 amide bonds. The zero-order valence-corrected chi connectivity index (χ0v) is 11.9. The monoisotopic (exact) mass is 319 g/mol. The Morgan fingerprint density at radius 1 is 1.59 bits per heavy atom. The van der Waals surface area contributed by atoms with Crippen molar-refractivity contribution in [2.45, 2.75) is 25.9 Å². The number of rotatable bonds is 5. The van der Waals surface area contributed by atoms with Gasteiger partial charge in [-0.25, -0.2) is 0 Å². The number of amides is 1. The molecular formula is C12H15BrClNO2. The van der Waals surface area contributed by atoms with E-state index in [1.165, 1.54) is 0 Å². The number of carbonyl (C=O) groups is 1. The van der Waals surface area contributed by atoms with E-state index in [9.17, 15) is 4.79 Å². The van der Waals surface area contributed by atoms with E-state index in [4.69, 9.17) is 16.7 Å². The Bertz CT molecular complexity index is 396. The molecule has 5 heteroatoms. The van der Waals surface area contributed by atoms with Crippen molar-refractivity contribution in [3.63, 3.8) is 0 Å². The van der Waals surface area contributed by atoms with Crippen LogP contribution in [0.3, 0.4) is 0 Å². The van der Waals surface area contributed by atoms with Crippen LogP contribution in [0.1, 0.15) is 18.9 Å². The summed E-state index contributed by atoms with van der Waals surface area (Å²) in [4.78, 5) is 11.6. The molecule has 3 nitrogen and oxygen atoms in total. The molecule has 0 saturated carbocycles. The van der Waals surface area contributed by atoms with Crippen LogP contribution in [0.15, 0.2) is 22.7 Å². The number of benzene rings is 1. The van der Waals surface area contributed by atoms with E-state index in [0.29, 0.717) is 24.4 Å². The summed E-state index contributed by atoms with van der Waals surface area (Å²) >= 11 is 9.18. The largest absolute Gasteiger partial charge is 0.393 e. The first kappa shape index (κ1) is 14.5. The highest BCUT2D eigenvalue weighted by Gasteiger charge is 2.07. The minimum absolute atomic E-state index is 0.0614. The van der Waals surface area contributed by atoms with Crippen LogP contribution in [0.25, 0.3) is 0 Å². The number of aliphatic hydroxyl groups excluding tert-OH is 1. The second-order valence-electron chi connectivity index (χ2n) is 3.90. The maximum absolute atomic E-state index is 11.6. The number of hydrogen-bond donors (Lipinski definition) is 2. The first-order valence-corrected chi connectivity index (χ1v) is 6.55. The standard InChI is InChI=1S/C12H15BrClNO2/c1-8(16)4-5-15-12(17)6-9-2-3-10(14)7-11(9)13/h2-3,7-8,16H,4-6H2,1H3,(H,15,17). The van der Waals surface area contributed by atoms with Crippen molar-refractivity contribution in [3.8, 4) is 0 Å². The Balaban J connectivity index is 2.45. The van der Waals surface area contributed by atoms with Crippen molar-refractivity contribution >= 4 is 33.4 Å². The van der Waals surface area contributed by atoms with E-state index in [2.05, 4.69) is 21.2 Å². The molecule has 0 heterocycles. The van der Waals surface area contributed by atoms with Gasteiger partial charge in [0.05, 0.1) is 12.5 Å². The third kappa shape index (κ3) is 5.52. The fraction of sp³-hybridized carbons (Fsp3) is 0.417. The first-order chi connectivity index (χ1) is 7.99. The molecule has 1 unspecified atom stereocenters. The summed E-state index contributed by atoms with van der Waals surface area (Å²) in [5, 5.41) is 12.4. The zero-order valence-electron chi connectivity index (χ0n) is 9.54. The lowest BCUT2D eigenvalue weighted by Gasteiger charge is -2.08. The fourth-order valence-electron chi connectivity index (χ4n) is 1.32. The topological polar surface area (TPSA) is 49.3 Å². The quantitative estimate of drug-likeness (QED) is 0.876. The molecule has 0 spiro atoms. The van der Waals surface area contributed by atoms with Crippen LogP contribution in [-0.4, -0.2) is 23.7 Å². The van der Waals surface area contributed by atoms with Gasteiger partial charge in [0.25, 0.3) is 0 Å². The third-order valence-corrected chi connectivity index (χ3v) is 3.22. The molecule has 1 aromatic rings. The molecule has 0 aliphatic carbocycles. The van der Waals surface area contributed by atoms with Crippen LogP contribution >= 0.6 is 27.5 Å². The summed E-state index contributed by atoms with van der Waals surface area (Å²) in [7, 11) is 0. The molecule has 94 valence electrons. The minimum Gasteiger partial charge on any atom is -0.393 e. The van der Waals surface area contributed by atoms with E-state index < -0.39 is 6.10 Å². The predicted octanol–water partition coefficient (Wildman–Crippen LogP) is 2.53. The van der Waals surface area contributed by atoms with E-state index >= 15 is 0 Å². The van der Waals surface area contributed by atoms with Crippen molar-refractivity contribution in [1.82, 2.24) is 5.32 Å². The number of nitrogens with one attached hydrogen (secondary N) is 1. The summed E-state index contributed by atoms with van der Waals surface area (Å²) in [5.41, 5.74) is 0.893. The molecule has 1 atom stereocenters. The second-order valence-corrected chi connectivity index (χ2v) is 5.19. The Kier molecular flexibility index (Phi) is 5.95. The Morgan fingerprint density at radius 2 is 2.29 bits per heavy atom. The predicted molar refractivity (Wildman–Crippen MR) is 72.2 cm³/mol. The summed E-state index contributed by atoms with van der Waals surface area (Å²) in [6.07, 6.45) is 0.475. The summed E-state index contributed by atoms with van der Waals surface area (Å²) in [5.74, 6) is -0.0614. The molecular weight excluding hydrogens is 305 g/mol. The maximum atomic E-state index is 11.6. The second kappa shape index (κ2) is 6.99. The normalized spacial score (nSPS) is 12.2. The van der Waals surface area contributed by atoms with Gasteiger partial charge in [-0.1, -0.05) is 33.6 Å². The van der Waals surface area contributed by atoms with Gasteiger partial charge in [0.1, 0.15) is 0 Å². The van der Waals surface area contributed by atoms with Crippen LogP contribution in [0, 0.1) is 0 Å². The van der Waals surface area contributed by atoms with Gasteiger partial charge in [0.2, 0.25) is 5.91 Å². The lowest BCUT2D eigenvalue weighted by Crippen LogP contribution is -2.28. The molecule has 1 rings (SSSR count). The van der Waals surface area contributed by atoms with Crippen molar-refractivity contribution < 1.29 is 9.90 Å². The Morgan fingerprint density at radius 3 is 2.88 bits per heavy atom. The number of halogens is 2. The lowest BCUT2D eigenvalue weighted by atomic mass is 10.1.